The standard InChI is InChI=1S/C25H24F4N4O2/c1-15-19(7-8-21(26)30-15)20-13-33(23(35)31-22(20)34)10-2-9-32-12-18-11-24(18,14-32)16-3-5-17(6-4-16)25(27,28)29/h3-8,13,18H,2,9-12,14H2,1H3,(H,31,34,35)/t18-,24-/m0/s1. The molecule has 1 saturated heterocycles. The molecule has 0 amide bonds. The second-order valence-electron chi connectivity index (χ2n) is 9.48. The summed E-state index contributed by atoms with van der Waals surface area (Å²) in [4.78, 5) is 33.0. The first-order valence-electron chi connectivity index (χ1n) is 11.4. The van der Waals surface area contributed by atoms with Gasteiger partial charge in [0.15, 0.2) is 0 Å². The number of likely N-dealkylation sites (tertiary alicyclic amines) is 1. The molecule has 1 aromatic carbocycles. The SMILES string of the molecule is Cc1nc(F)ccc1-c1cn(CCCN2C[C@@H]3C[C@@]3(c3ccc(C(F)(F)F)cc3)C2)c(=O)[nH]c1=O. The van der Waals surface area contributed by atoms with Gasteiger partial charge in [-0.25, -0.2) is 9.78 Å². The first-order valence-corrected chi connectivity index (χ1v) is 11.4. The molecule has 2 aliphatic rings. The Hall–Kier alpha value is -3.27. The van der Waals surface area contributed by atoms with Gasteiger partial charge in [-0.3, -0.25) is 14.3 Å². The fraction of sp³-hybridized carbons (Fsp3) is 0.400. The number of hydrogen-bond donors (Lipinski definition) is 1. The maximum atomic E-state index is 13.4. The van der Waals surface area contributed by atoms with Gasteiger partial charge in [-0.05, 0) is 62.1 Å². The number of benzene rings is 1. The predicted molar refractivity (Wildman–Crippen MR) is 122 cm³/mol. The maximum absolute atomic E-state index is 13.4. The molecule has 184 valence electrons. The summed E-state index contributed by atoms with van der Waals surface area (Å²) in [5, 5.41) is 0. The summed E-state index contributed by atoms with van der Waals surface area (Å²) in [6.45, 7) is 4.34. The highest BCUT2D eigenvalue weighted by atomic mass is 19.4. The Balaban J connectivity index is 1.24. The third kappa shape index (κ3) is 4.42. The van der Waals surface area contributed by atoms with Crippen LogP contribution in [0.1, 0.15) is 29.7 Å². The predicted octanol–water partition coefficient (Wildman–Crippen LogP) is 3.73. The molecule has 5 rings (SSSR count). The van der Waals surface area contributed by atoms with Crippen LogP contribution in [0.25, 0.3) is 11.1 Å². The van der Waals surface area contributed by atoms with Crippen molar-refractivity contribution in [1.82, 2.24) is 19.4 Å². The molecule has 0 unspecified atom stereocenters. The molecular formula is C25H24F4N4O2. The molecule has 3 heterocycles. The molecule has 3 aromatic rings. The molecule has 0 radical (unpaired) electrons. The van der Waals surface area contributed by atoms with Crippen molar-refractivity contribution in [2.45, 2.75) is 37.9 Å². The fourth-order valence-corrected chi connectivity index (χ4v) is 5.34. The van der Waals surface area contributed by atoms with Gasteiger partial charge in [0.1, 0.15) is 0 Å². The van der Waals surface area contributed by atoms with E-state index in [1.54, 1.807) is 19.1 Å². The zero-order valence-electron chi connectivity index (χ0n) is 19.0. The van der Waals surface area contributed by atoms with Gasteiger partial charge < -0.3 is 4.90 Å². The number of aromatic nitrogens is 3. The average Bonchev–Trinajstić information content (AvgIpc) is 3.36. The van der Waals surface area contributed by atoms with Crippen molar-refractivity contribution < 1.29 is 17.6 Å². The maximum Gasteiger partial charge on any atom is 0.416 e. The van der Waals surface area contributed by atoms with Crippen LogP contribution in [0.2, 0.25) is 0 Å². The zero-order valence-corrected chi connectivity index (χ0v) is 19.0. The second-order valence-corrected chi connectivity index (χ2v) is 9.48. The molecule has 6 nitrogen and oxygen atoms in total. The Bertz CT molecular complexity index is 1380. The van der Waals surface area contributed by atoms with Gasteiger partial charge in [0.2, 0.25) is 5.95 Å². The number of aromatic amines is 1. The lowest BCUT2D eigenvalue weighted by Crippen LogP contribution is -2.32. The minimum Gasteiger partial charge on any atom is -0.302 e. The first kappa shape index (κ1) is 23.5. The molecule has 1 N–H and O–H groups in total. The summed E-state index contributed by atoms with van der Waals surface area (Å²) in [5.74, 6) is -0.218. The van der Waals surface area contributed by atoms with Crippen LogP contribution in [0.15, 0.2) is 52.2 Å². The number of nitrogens with one attached hydrogen (secondary N) is 1. The Morgan fingerprint density at radius 1 is 1.09 bits per heavy atom. The van der Waals surface area contributed by atoms with Crippen molar-refractivity contribution in [2.75, 3.05) is 19.6 Å². The summed E-state index contributed by atoms with van der Waals surface area (Å²) < 4.78 is 53.4. The van der Waals surface area contributed by atoms with E-state index >= 15 is 0 Å². The number of alkyl halides is 3. The number of halogens is 4. The molecule has 0 spiro atoms. The minimum atomic E-state index is -4.34. The van der Waals surface area contributed by atoms with Gasteiger partial charge in [0, 0.05) is 42.5 Å². The van der Waals surface area contributed by atoms with Crippen LogP contribution < -0.4 is 11.2 Å². The molecule has 10 heteroatoms. The molecular weight excluding hydrogens is 464 g/mol. The van der Waals surface area contributed by atoms with Crippen LogP contribution in [0.5, 0.6) is 0 Å². The van der Waals surface area contributed by atoms with Crippen molar-refractivity contribution in [3.05, 3.63) is 86.2 Å². The molecule has 1 aliphatic carbocycles. The van der Waals surface area contributed by atoms with E-state index in [4.69, 9.17) is 0 Å². The number of H-pyrrole nitrogens is 1. The van der Waals surface area contributed by atoms with Crippen molar-refractivity contribution in [1.29, 1.82) is 0 Å². The highest BCUT2D eigenvalue weighted by Gasteiger charge is 2.60. The highest BCUT2D eigenvalue weighted by Crippen LogP contribution is 2.59. The zero-order chi connectivity index (χ0) is 25.0. The van der Waals surface area contributed by atoms with Crippen LogP contribution in [-0.2, 0) is 18.1 Å². The Kier molecular flexibility index (Phi) is 5.66. The molecule has 2 atom stereocenters. The summed E-state index contributed by atoms with van der Waals surface area (Å²) in [6, 6.07) is 8.14. The van der Waals surface area contributed by atoms with Crippen molar-refractivity contribution in [2.24, 2.45) is 5.92 Å². The van der Waals surface area contributed by atoms with E-state index in [-0.39, 0.29) is 11.0 Å². The van der Waals surface area contributed by atoms with Gasteiger partial charge in [-0.1, -0.05) is 12.1 Å². The van der Waals surface area contributed by atoms with Crippen molar-refractivity contribution in [3.8, 4) is 11.1 Å². The quantitative estimate of drug-likeness (QED) is 0.424. The van der Waals surface area contributed by atoms with E-state index in [2.05, 4.69) is 14.9 Å². The summed E-state index contributed by atoms with van der Waals surface area (Å²) in [6.07, 6.45) is -1.23. The average molecular weight is 488 g/mol. The Morgan fingerprint density at radius 3 is 2.51 bits per heavy atom. The highest BCUT2D eigenvalue weighted by molar-refractivity contribution is 5.63. The number of pyridine rings is 1. The summed E-state index contributed by atoms with van der Waals surface area (Å²) in [5.41, 5.74) is 0.213. The van der Waals surface area contributed by atoms with Gasteiger partial charge in [-0.15, -0.1) is 0 Å². The van der Waals surface area contributed by atoms with Crippen LogP contribution >= 0.6 is 0 Å². The first-order chi connectivity index (χ1) is 16.6. The van der Waals surface area contributed by atoms with Crippen molar-refractivity contribution in [3.63, 3.8) is 0 Å². The van der Waals surface area contributed by atoms with E-state index in [9.17, 15) is 27.2 Å². The monoisotopic (exact) mass is 488 g/mol. The molecule has 35 heavy (non-hydrogen) atoms. The third-order valence-corrected chi connectivity index (χ3v) is 7.23. The van der Waals surface area contributed by atoms with Gasteiger partial charge in [0.05, 0.1) is 11.1 Å². The fourth-order valence-electron chi connectivity index (χ4n) is 5.34. The van der Waals surface area contributed by atoms with Crippen molar-refractivity contribution >= 4 is 0 Å². The van der Waals surface area contributed by atoms with E-state index in [1.807, 2.05) is 0 Å². The van der Waals surface area contributed by atoms with E-state index in [0.29, 0.717) is 30.1 Å². The van der Waals surface area contributed by atoms with Gasteiger partial charge >= 0.3 is 11.9 Å². The van der Waals surface area contributed by atoms with E-state index in [1.165, 1.54) is 22.9 Å². The molecule has 2 aromatic heterocycles. The van der Waals surface area contributed by atoms with Gasteiger partial charge in [-0.2, -0.15) is 17.6 Å². The van der Waals surface area contributed by atoms with Crippen LogP contribution in [0, 0.1) is 18.8 Å². The smallest absolute Gasteiger partial charge is 0.302 e. The summed E-state index contributed by atoms with van der Waals surface area (Å²) in [7, 11) is 0. The molecule has 1 aliphatic heterocycles. The lowest BCUT2D eigenvalue weighted by molar-refractivity contribution is -0.137. The third-order valence-electron chi connectivity index (χ3n) is 7.23. The topological polar surface area (TPSA) is 71.0 Å². The number of hydrogen-bond acceptors (Lipinski definition) is 4. The normalized spacial score (nSPS) is 21.8. The van der Waals surface area contributed by atoms with E-state index in [0.717, 1.165) is 43.8 Å². The summed E-state index contributed by atoms with van der Waals surface area (Å²) >= 11 is 0. The minimum absolute atomic E-state index is 0.0841. The van der Waals surface area contributed by atoms with Gasteiger partial charge in [0.25, 0.3) is 5.56 Å². The molecule has 2 fully saturated rings. The lowest BCUT2D eigenvalue weighted by Gasteiger charge is -2.21. The van der Waals surface area contributed by atoms with Crippen LogP contribution in [-0.4, -0.2) is 39.1 Å². The number of fused-ring (bicyclic) bond motifs is 1. The lowest BCUT2D eigenvalue weighted by atomic mass is 9.94. The van der Waals surface area contributed by atoms with Crippen LogP contribution in [0.4, 0.5) is 17.6 Å². The number of aryl methyl sites for hydroxylation is 2. The Labute approximate surface area is 198 Å². The number of nitrogens with zero attached hydrogens (tertiary/aromatic N) is 3. The van der Waals surface area contributed by atoms with Crippen LogP contribution in [0.3, 0.4) is 0 Å². The Morgan fingerprint density at radius 2 is 1.83 bits per heavy atom. The van der Waals surface area contributed by atoms with E-state index < -0.39 is 28.9 Å². The largest absolute Gasteiger partial charge is 0.416 e. The molecule has 1 saturated carbocycles. The second kappa shape index (κ2) is 8.44. The molecule has 0 bridgehead atoms. The number of rotatable bonds is 6. The number of piperidine rings is 1.